The highest BCUT2D eigenvalue weighted by molar-refractivity contribution is 9.09. The van der Waals surface area contributed by atoms with Gasteiger partial charge in [-0.3, -0.25) is 4.79 Å². The molecule has 6 heteroatoms. The van der Waals surface area contributed by atoms with Gasteiger partial charge in [-0.25, -0.2) is 4.79 Å². The predicted molar refractivity (Wildman–Crippen MR) is 89.1 cm³/mol. The van der Waals surface area contributed by atoms with E-state index in [1.54, 1.807) is 30.3 Å². The molecule has 0 N–H and O–H groups in total. The number of esters is 1. The quantitative estimate of drug-likeness (QED) is 0.333. The van der Waals surface area contributed by atoms with Crippen LogP contribution in [0, 0.1) is 0 Å². The average Bonchev–Trinajstić information content (AvgIpc) is 2.61. The Hall–Kier alpha value is -2.34. The van der Waals surface area contributed by atoms with Gasteiger partial charge < -0.3 is 14.2 Å². The minimum absolute atomic E-state index is 0.134. The predicted octanol–water partition coefficient (Wildman–Crippen LogP) is 3.50. The smallest absolute Gasteiger partial charge is 0.343 e. The van der Waals surface area contributed by atoms with Crippen LogP contribution >= 0.6 is 15.9 Å². The molecule has 0 saturated heterocycles. The molecule has 0 heterocycles. The van der Waals surface area contributed by atoms with E-state index in [4.69, 9.17) is 14.2 Å². The maximum Gasteiger partial charge on any atom is 0.343 e. The monoisotopic (exact) mass is 378 g/mol. The Labute approximate surface area is 142 Å². The van der Waals surface area contributed by atoms with E-state index in [9.17, 15) is 9.59 Å². The van der Waals surface area contributed by atoms with Crippen molar-refractivity contribution in [3.8, 4) is 17.2 Å². The van der Waals surface area contributed by atoms with Crippen molar-refractivity contribution in [1.29, 1.82) is 0 Å². The van der Waals surface area contributed by atoms with Crippen LogP contribution in [0.4, 0.5) is 0 Å². The number of methoxy groups -OCH3 is 2. The first-order chi connectivity index (χ1) is 11.1. The first kappa shape index (κ1) is 17.0. The zero-order valence-electron chi connectivity index (χ0n) is 12.7. The summed E-state index contributed by atoms with van der Waals surface area (Å²) in [4.78, 5) is 24.1. The number of hydrogen-bond donors (Lipinski definition) is 0. The number of halogens is 1. The molecular weight excluding hydrogens is 364 g/mol. The fraction of sp³-hybridized carbons (Fsp3) is 0.176. The number of Topliss-reactive ketones (excluding diaryl/α,β-unsaturated/α-hetero) is 1. The summed E-state index contributed by atoms with van der Waals surface area (Å²) in [5.41, 5.74) is 0.798. The molecule has 0 fully saturated rings. The molecule has 2 aromatic rings. The van der Waals surface area contributed by atoms with Crippen LogP contribution in [0.5, 0.6) is 17.2 Å². The number of alkyl halides is 1. The number of carbonyl (C=O) groups is 2. The summed E-state index contributed by atoms with van der Waals surface area (Å²) in [6, 6.07) is 11.6. The molecule has 5 nitrogen and oxygen atoms in total. The average molecular weight is 379 g/mol. The van der Waals surface area contributed by atoms with Gasteiger partial charge in [0.25, 0.3) is 0 Å². The molecule has 0 unspecified atom stereocenters. The van der Waals surface area contributed by atoms with Gasteiger partial charge in [-0.1, -0.05) is 34.1 Å². The van der Waals surface area contributed by atoms with Gasteiger partial charge in [0, 0.05) is 5.56 Å². The third kappa shape index (κ3) is 3.90. The van der Waals surface area contributed by atoms with Crippen LogP contribution in [0.25, 0.3) is 0 Å². The fourth-order valence-electron chi connectivity index (χ4n) is 1.94. The Kier molecular flexibility index (Phi) is 5.76. The maximum absolute atomic E-state index is 12.2. The number of rotatable bonds is 6. The van der Waals surface area contributed by atoms with Gasteiger partial charge in [0.2, 0.25) is 5.75 Å². The Balaban J connectivity index is 2.41. The van der Waals surface area contributed by atoms with Gasteiger partial charge in [0.15, 0.2) is 17.3 Å². The molecule has 0 aliphatic rings. The number of benzene rings is 2. The minimum Gasteiger partial charge on any atom is -0.493 e. The van der Waals surface area contributed by atoms with E-state index in [0.717, 1.165) is 0 Å². The Morgan fingerprint density at radius 3 is 2.00 bits per heavy atom. The van der Waals surface area contributed by atoms with Crippen LogP contribution < -0.4 is 14.2 Å². The molecule has 0 radical (unpaired) electrons. The third-order valence-electron chi connectivity index (χ3n) is 3.11. The van der Waals surface area contributed by atoms with E-state index in [1.165, 1.54) is 26.4 Å². The van der Waals surface area contributed by atoms with Crippen molar-refractivity contribution in [2.24, 2.45) is 0 Å². The molecule has 23 heavy (non-hydrogen) atoms. The second-order valence-electron chi connectivity index (χ2n) is 4.52. The van der Waals surface area contributed by atoms with Crippen LogP contribution in [0.2, 0.25) is 0 Å². The van der Waals surface area contributed by atoms with Crippen molar-refractivity contribution >= 4 is 27.7 Å². The third-order valence-corrected chi connectivity index (χ3v) is 3.62. The minimum atomic E-state index is -0.540. The Morgan fingerprint density at radius 1 is 0.957 bits per heavy atom. The zero-order chi connectivity index (χ0) is 16.8. The van der Waals surface area contributed by atoms with Gasteiger partial charge in [-0.05, 0) is 24.3 Å². The van der Waals surface area contributed by atoms with Crippen LogP contribution in [0.1, 0.15) is 20.7 Å². The fourth-order valence-corrected chi connectivity index (χ4v) is 2.27. The van der Waals surface area contributed by atoms with E-state index in [0.29, 0.717) is 11.1 Å². The van der Waals surface area contributed by atoms with Crippen LogP contribution in [-0.4, -0.2) is 31.3 Å². The lowest BCUT2D eigenvalue weighted by molar-refractivity contribution is 0.0724. The van der Waals surface area contributed by atoms with Gasteiger partial charge in [0.05, 0.1) is 25.1 Å². The molecule has 0 aliphatic carbocycles. The van der Waals surface area contributed by atoms with E-state index in [1.807, 2.05) is 0 Å². The Bertz CT molecular complexity index is 687. The van der Waals surface area contributed by atoms with Crippen molar-refractivity contribution in [3.05, 3.63) is 53.6 Å². The number of hydrogen-bond acceptors (Lipinski definition) is 5. The van der Waals surface area contributed by atoms with Gasteiger partial charge in [-0.15, -0.1) is 0 Å². The molecule has 0 amide bonds. The van der Waals surface area contributed by atoms with Crippen molar-refractivity contribution in [2.75, 3.05) is 19.5 Å². The highest BCUT2D eigenvalue weighted by Gasteiger charge is 2.20. The SMILES string of the molecule is COc1cc(C(=O)CBr)cc(OC)c1OC(=O)c1ccccc1. The van der Waals surface area contributed by atoms with Crippen LogP contribution in [0.15, 0.2) is 42.5 Å². The first-order valence-electron chi connectivity index (χ1n) is 6.73. The van der Waals surface area contributed by atoms with E-state index in [2.05, 4.69) is 15.9 Å². The number of carbonyl (C=O) groups excluding carboxylic acids is 2. The Morgan fingerprint density at radius 2 is 1.52 bits per heavy atom. The number of ketones is 1. The topological polar surface area (TPSA) is 61.8 Å². The van der Waals surface area contributed by atoms with Crippen LogP contribution in [-0.2, 0) is 0 Å². The molecule has 0 spiro atoms. The highest BCUT2D eigenvalue weighted by atomic mass is 79.9. The molecule has 120 valence electrons. The second-order valence-corrected chi connectivity index (χ2v) is 5.08. The summed E-state index contributed by atoms with van der Waals surface area (Å²) in [6.45, 7) is 0. The lowest BCUT2D eigenvalue weighted by Gasteiger charge is -2.14. The zero-order valence-corrected chi connectivity index (χ0v) is 14.3. The van der Waals surface area contributed by atoms with Crippen molar-refractivity contribution < 1.29 is 23.8 Å². The van der Waals surface area contributed by atoms with E-state index < -0.39 is 5.97 Å². The summed E-state index contributed by atoms with van der Waals surface area (Å²) in [7, 11) is 2.86. The summed E-state index contributed by atoms with van der Waals surface area (Å²) in [6.07, 6.45) is 0. The lowest BCUT2D eigenvalue weighted by Crippen LogP contribution is -2.11. The van der Waals surface area contributed by atoms with Crippen molar-refractivity contribution in [1.82, 2.24) is 0 Å². The standard InChI is InChI=1S/C17H15BrO5/c1-21-14-8-12(13(19)10-18)9-15(22-2)16(14)23-17(20)11-6-4-3-5-7-11/h3-9H,10H2,1-2H3. The first-order valence-corrected chi connectivity index (χ1v) is 7.85. The van der Waals surface area contributed by atoms with E-state index >= 15 is 0 Å². The summed E-state index contributed by atoms with van der Waals surface area (Å²) >= 11 is 3.12. The van der Waals surface area contributed by atoms with Crippen molar-refractivity contribution in [3.63, 3.8) is 0 Å². The van der Waals surface area contributed by atoms with Gasteiger partial charge in [0.1, 0.15) is 0 Å². The van der Waals surface area contributed by atoms with Crippen LogP contribution in [0.3, 0.4) is 0 Å². The molecule has 0 atom stereocenters. The van der Waals surface area contributed by atoms with Gasteiger partial charge >= 0.3 is 5.97 Å². The van der Waals surface area contributed by atoms with Crippen molar-refractivity contribution in [2.45, 2.75) is 0 Å². The molecule has 0 aliphatic heterocycles. The van der Waals surface area contributed by atoms with E-state index in [-0.39, 0.29) is 28.4 Å². The highest BCUT2D eigenvalue weighted by Crippen LogP contribution is 2.39. The molecule has 0 saturated carbocycles. The second kappa shape index (κ2) is 7.78. The molecule has 0 aromatic heterocycles. The molecule has 2 rings (SSSR count). The van der Waals surface area contributed by atoms with Gasteiger partial charge in [-0.2, -0.15) is 0 Å². The largest absolute Gasteiger partial charge is 0.493 e. The maximum atomic E-state index is 12.2. The summed E-state index contributed by atoms with van der Waals surface area (Å²) < 4.78 is 15.9. The molecule has 2 aromatic carbocycles. The normalized spacial score (nSPS) is 10.0. The summed E-state index contributed by atoms with van der Waals surface area (Å²) in [5, 5.41) is 0.169. The molecular formula is C17H15BrO5. The molecule has 0 bridgehead atoms. The lowest BCUT2D eigenvalue weighted by atomic mass is 10.1. The number of ether oxygens (including phenoxy) is 3. The summed E-state index contributed by atoms with van der Waals surface area (Å²) in [5.74, 6) is -0.0462.